The number of amides is 2. The molecule has 37 heavy (non-hydrogen) atoms. The standard InChI is InChI=1S/C29H37N5O3/c1-19(2)30-28(36)23-10-6-7-11-24(23)31-27(35)21-9-8-16-34(17-21)18-25-32-26(33-37-25)20-12-14-22(15-13-20)29(3,4)5/h6-7,10-15,19,21H,8-9,16-18H2,1-5H3,(H,30,36)(H,31,35). The third-order valence-electron chi connectivity index (χ3n) is 6.56. The van der Waals surface area contributed by atoms with Gasteiger partial charge in [-0.3, -0.25) is 14.5 Å². The van der Waals surface area contributed by atoms with E-state index in [1.165, 1.54) is 5.56 Å². The highest BCUT2D eigenvalue weighted by molar-refractivity contribution is 6.04. The van der Waals surface area contributed by atoms with Crippen LogP contribution in [0.1, 0.15) is 69.3 Å². The van der Waals surface area contributed by atoms with Gasteiger partial charge in [-0.15, -0.1) is 0 Å². The third-order valence-corrected chi connectivity index (χ3v) is 6.56. The van der Waals surface area contributed by atoms with Crippen LogP contribution >= 0.6 is 0 Å². The number of piperidine rings is 1. The molecule has 2 aromatic carbocycles. The summed E-state index contributed by atoms with van der Waals surface area (Å²) >= 11 is 0. The number of aromatic nitrogens is 2. The molecule has 0 aliphatic carbocycles. The average molecular weight is 504 g/mol. The van der Waals surface area contributed by atoms with Crippen molar-refractivity contribution in [2.75, 3.05) is 18.4 Å². The molecular weight excluding hydrogens is 466 g/mol. The van der Waals surface area contributed by atoms with E-state index in [4.69, 9.17) is 4.52 Å². The number of hydrogen-bond acceptors (Lipinski definition) is 6. The SMILES string of the molecule is CC(C)NC(=O)c1ccccc1NC(=O)C1CCCN(Cc2nc(-c3ccc(C(C)(C)C)cc3)no2)C1. The quantitative estimate of drug-likeness (QED) is 0.469. The van der Waals surface area contributed by atoms with Crippen molar-refractivity contribution in [2.45, 2.75) is 65.5 Å². The van der Waals surface area contributed by atoms with Crippen LogP contribution in [-0.4, -0.2) is 46.0 Å². The molecule has 2 N–H and O–H groups in total. The Labute approximate surface area is 218 Å². The fraction of sp³-hybridized carbons (Fsp3) is 0.448. The Balaban J connectivity index is 1.37. The van der Waals surface area contributed by atoms with E-state index in [0.717, 1.165) is 24.9 Å². The second-order valence-corrected chi connectivity index (χ2v) is 11.1. The van der Waals surface area contributed by atoms with Crippen molar-refractivity contribution in [3.05, 3.63) is 65.5 Å². The maximum absolute atomic E-state index is 13.1. The van der Waals surface area contributed by atoms with Crippen LogP contribution in [0.5, 0.6) is 0 Å². The van der Waals surface area contributed by atoms with Crippen LogP contribution < -0.4 is 10.6 Å². The number of hydrogen-bond donors (Lipinski definition) is 2. The molecule has 8 heteroatoms. The molecule has 1 aliphatic heterocycles. The van der Waals surface area contributed by atoms with Gasteiger partial charge in [-0.2, -0.15) is 4.98 Å². The van der Waals surface area contributed by atoms with Crippen LogP contribution in [0.25, 0.3) is 11.4 Å². The lowest BCUT2D eigenvalue weighted by Crippen LogP contribution is -2.40. The van der Waals surface area contributed by atoms with Gasteiger partial charge in [0.1, 0.15) is 0 Å². The summed E-state index contributed by atoms with van der Waals surface area (Å²) < 4.78 is 5.54. The molecule has 2 amide bonds. The number of rotatable bonds is 7. The van der Waals surface area contributed by atoms with E-state index in [0.29, 0.717) is 36.1 Å². The van der Waals surface area contributed by atoms with Gasteiger partial charge >= 0.3 is 0 Å². The van der Waals surface area contributed by atoms with E-state index in [1.54, 1.807) is 18.2 Å². The molecule has 4 rings (SSSR count). The maximum Gasteiger partial charge on any atom is 0.253 e. The first-order valence-electron chi connectivity index (χ1n) is 13.0. The lowest BCUT2D eigenvalue weighted by molar-refractivity contribution is -0.121. The third kappa shape index (κ3) is 6.83. The molecule has 0 saturated carbocycles. The highest BCUT2D eigenvalue weighted by Gasteiger charge is 2.28. The molecule has 1 saturated heterocycles. The van der Waals surface area contributed by atoms with Crippen molar-refractivity contribution in [1.29, 1.82) is 0 Å². The first-order valence-corrected chi connectivity index (χ1v) is 13.0. The van der Waals surface area contributed by atoms with E-state index in [1.807, 2.05) is 32.0 Å². The summed E-state index contributed by atoms with van der Waals surface area (Å²) in [6.45, 7) is 12.3. The number of para-hydroxylation sites is 1. The van der Waals surface area contributed by atoms with Crippen LogP contribution in [0.2, 0.25) is 0 Å². The Hall–Kier alpha value is -3.52. The van der Waals surface area contributed by atoms with E-state index in [9.17, 15) is 9.59 Å². The lowest BCUT2D eigenvalue weighted by Gasteiger charge is -2.31. The number of benzene rings is 2. The summed E-state index contributed by atoms with van der Waals surface area (Å²) in [6, 6.07) is 15.4. The van der Waals surface area contributed by atoms with Gasteiger partial charge in [-0.1, -0.05) is 62.3 Å². The second kappa shape index (κ2) is 11.3. The summed E-state index contributed by atoms with van der Waals surface area (Å²) in [6.07, 6.45) is 1.68. The summed E-state index contributed by atoms with van der Waals surface area (Å²) in [5.74, 6) is 0.628. The highest BCUT2D eigenvalue weighted by Crippen LogP contribution is 2.26. The number of nitrogens with one attached hydrogen (secondary N) is 2. The number of anilines is 1. The van der Waals surface area contributed by atoms with Gasteiger partial charge in [0, 0.05) is 18.2 Å². The molecule has 1 fully saturated rings. The molecule has 0 spiro atoms. The fourth-order valence-corrected chi connectivity index (χ4v) is 4.52. The van der Waals surface area contributed by atoms with Crippen LogP contribution in [0, 0.1) is 5.92 Å². The molecule has 2 heterocycles. The van der Waals surface area contributed by atoms with Crippen molar-refractivity contribution < 1.29 is 14.1 Å². The molecule has 0 bridgehead atoms. The number of likely N-dealkylation sites (tertiary alicyclic amines) is 1. The molecular formula is C29H37N5O3. The Kier molecular flexibility index (Phi) is 8.07. The van der Waals surface area contributed by atoms with Crippen molar-refractivity contribution in [2.24, 2.45) is 5.92 Å². The van der Waals surface area contributed by atoms with Gasteiger partial charge in [-0.25, -0.2) is 0 Å². The Morgan fingerprint density at radius 3 is 2.54 bits per heavy atom. The van der Waals surface area contributed by atoms with E-state index in [2.05, 4.69) is 58.6 Å². The monoisotopic (exact) mass is 503 g/mol. The minimum Gasteiger partial charge on any atom is -0.350 e. The lowest BCUT2D eigenvalue weighted by atomic mass is 9.87. The topological polar surface area (TPSA) is 100 Å². The maximum atomic E-state index is 13.1. The van der Waals surface area contributed by atoms with Crippen LogP contribution in [0.4, 0.5) is 5.69 Å². The first kappa shape index (κ1) is 26.5. The molecule has 1 aliphatic rings. The summed E-state index contributed by atoms with van der Waals surface area (Å²) in [5, 5.41) is 10.0. The zero-order valence-corrected chi connectivity index (χ0v) is 22.4. The summed E-state index contributed by atoms with van der Waals surface area (Å²) in [4.78, 5) is 32.5. The van der Waals surface area contributed by atoms with Crippen molar-refractivity contribution >= 4 is 17.5 Å². The van der Waals surface area contributed by atoms with E-state index < -0.39 is 0 Å². The number of nitrogens with zero attached hydrogens (tertiary/aromatic N) is 3. The summed E-state index contributed by atoms with van der Waals surface area (Å²) in [7, 11) is 0. The zero-order valence-electron chi connectivity index (χ0n) is 22.4. The molecule has 8 nitrogen and oxygen atoms in total. The van der Waals surface area contributed by atoms with Crippen LogP contribution in [0.3, 0.4) is 0 Å². The fourth-order valence-electron chi connectivity index (χ4n) is 4.52. The zero-order chi connectivity index (χ0) is 26.6. The minimum absolute atomic E-state index is 0.0104. The Bertz CT molecular complexity index is 1230. The van der Waals surface area contributed by atoms with Gasteiger partial charge in [0.05, 0.1) is 23.7 Å². The van der Waals surface area contributed by atoms with Gasteiger partial charge in [0.15, 0.2) is 0 Å². The predicted molar refractivity (Wildman–Crippen MR) is 144 cm³/mol. The molecule has 3 aromatic rings. The molecule has 1 unspecified atom stereocenters. The van der Waals surface area contributed by atoms with Crippen molar-refractivity contribution in [1.82, 2.24) is 20.4 Å². The predicted octanol–water partition coefficient (Wildman–Crippen LogP) is 5.02. The Morgan fingerprint density at radius 1 is 1.11 bits per heavy atom. The van der Waals surface area contributed by atoms with Crippen molar-refractivity contribution in [3.63, 3.8) is 0 Å². The second-order valence-electron chi connectivity index (χ2n) is 11.1. The van der Waals surface area contributed by atoms with Crippen LogP contribution in [0.15, 0.2) is 53.1 Å². The minimum atomic E-state index is -0.198. The molecule has 196 valence electrons. The van der Waals surface area contributed by atoms with Gasteiger partial charge in [0.25, 0.3) is 5.91 Å². The first-order chi connectivity index (χ1) is 17.6. The average Bonchev–Trinajstić information content (AvgIpc) is 3.32. The molecule has 1 atom stereocenters. The van der Waals surface area contributed by atoms with Gasteiger partial charge < -0.3 is 15.2 Å². The molecule has 0 radical (unpaired) electrons. The van der Waals surface area contributed by atoms with Crippen LogP contribution in [-0.2, 0) is 16.8 Å². The Morgan fingerprint density at radius 2 is 1.84 bits per heavy atom. The summed E-state index contributed by atoms with van der Waals surface area (Å²) in [5.41, 5.74) is 3.24. The normalized spacial score (nSPS) is 16.5. The van der Waals surface area contributed by atoms with Gasteiger partial charge in [0.2, 0.25) is 17.6 Å². The van der Waals surface area contributed by atoms with Gasteiger partial charge in [-0.05, 0) is 56.3 Å². The number of carbonyl (C=O) groups excluding carboxylic acids is 2. The highest BCUT2D eigenvalue weighted by atomic mass is 16.5. The largest absolute Gasteiger partial charge is 0.350 e. The van der Waals surface area contributed by atoms with E-state index in [-0.39, 0.29) is 29.2 Å². The smallest absolute Gasteiger partial charge is 0.253 e. The number of carbonyl (C=O) groups is 2. The van der Waals surface area contributed by atoms with Crippen molar-refractivity contribution in [3.8, 4) is 11.4 Å². The van der Waals surface area contributed by atoms with E-state index >= 15 is 0 Å². The molecule has 1 aromatic heterocycles.